The van der Waals surface area contributed by atoms with Crippen LogP contribution >= 0.6 is 0 Å². The number of anilines is 1. The molecule has 2 heterocycles. The Labute approximate surface area is 131 Å². The summed E-state index contributed by atoms with van der Waals surface area (Å²) in [6, 6.07) is 7.72. The lowest BCUT2D eigenvalue weighted by Crippen LogP contribution is -2.24. The van der Waals surface area contributed by atoms with Gasteiger partial charge in [-0.2, -0.15) is 0 Å². The molecule has 0 radical (unpaired) electrons. The van der Waals surface area contributed by atoms with Crippen molar-refractivity contribution in [2.75, 3.05) is 12.3 Å². The van der Waals surface area contributed by atoms with Crippen molar-refractivity contribution in [2.45, 2.75) is 0 Å². The monoisotopic (exact) mass is 311 g/mol. The van der Waals surface area contributed by atoms with E-state index >= 15 is 0 Å². The molecule has 7 nitrogen and oxygen atoms in total. The number of nitrogens with two attached hydrogens (primary N) is 1. The van der Waals surface area contributed by atoms with Crippen LogP contribution in [-0.4, -0.2) is 23.0 Å². The fraction of sp³-hybridized carbons (Fsp3) is 0.0625. The second-order valence-electron chi connectivity index (χ2n) is 4.87. The number of nitrogen functional groups attached to an aromatic ring is 1. The first-order valence-electron chi connectivity index (χ1n) is 6.78. The van der Waals surface area contributed by atoms with Crippen LogP contribution in [-0.2, 0) is 0 Å². The quantitative estimate of drug-likeness (QED) is 0.644. The summed E-state index contributed by atoms with van der Waals surface area (Å²) in [5, 5.41) is 2.12. The first-order valence-corrected chi connectivity index (χ1v) is 6.78. The van der Waals surface area contributed by atoms with E-state index in [-0.39, 0.29) is 16.9 Å². The molecule has 1 aliphatic heterocycles. The normalized spacial score (nSPS) is 12.7. The van der Waals surface area contributed by atoms with E-state index in [1.807, 2.05) is 0 Å². The SMILES string of the molecule is C=CCOc1ccc(-n2c(N)c3c(cc2=O)C(=O)NC3=O)cc1. The third-order valence-electron chi connectivity index (χ3n) is 3.42. The highest BCUT2D eigenvalue weighted by atomic mass is 16.5. The van der Waals surface area contributed by atoms with Crippen LogP contribution in [0.5, 0.6) is 5.75 Å². The van der Waals surface area contributed by atoms with E-state index in [0.717, 1.165) is 6.07 Å². The van der Waals surface area contributed by atoms with Crippen LogP contribution in [0.1, 0.15) is 20.7 Å². The van der Waals surface area contributed by atoms with Crippen molar-refractivity contribution in [2.24, 2.45) is 0 Å². The largest absolute Gasteiger partial charge is 0.490 e. The summed E-state index contributed by atoms with van der Waals surface area (Å²) in [7, 11) is 0. The lowest BCUT2D eigenvalue weighted by atomic mass is 10.1. The molecule has 23 heavy (non-hydrogen) atoms. The highest BCUT2D eigenvalue weighted by Gasteiger charge is 2.31. The lowest BCUT2D eigenvalue weighted by molar-refractivity contribution is 0.0880. The number of amides is 2. The summed E-state index contributed by atoms with van der Waals surface area (Å²) in [6.45, 7) is 3.92. The first-order chi connectivity index (χ1) is 11.0. The van der Waals surface area contributed by atoms with Crippen molar-refractivity contribution in [3.05, 3.63) is 64.5 Å². The van der Waals surface area contributed by atoms with Gasteiger partial charge < -0.3 is 10.5 Å². The molecule has 7 heteroatoms. The van der Waals surface area contributed by atoms with E-state index in [1.165, 1.54) is 4.57 Å². The summed E-state index contributed by atoms with van der Waals surface area (Å²) >= 11 is 0. The second kappa shape index (κ2) is 5.45. The van der Waals surface area contributed by atoms with Gasteiger partial charge in [-0.1, -0.05) is 12.7 Å². The number of pyridine rings is 1. The number of carbonyl (C=O) groups is 2. The van der Waals surface area contributed by atoms with Crippen LogP contribution in [0.3, 0.4) is 0 Å². The Morgan fingerprint density at radius 1 is 1.17 bits per heavy atom. The van der Waals surface area contributed by atoms with Gasteiger partial charge in [-0.15, -0.1) is 0 Å². The molecule has 1 aromatic carbocycles. The number of nitrogens with one attached hydrogen (secondary N) is 1. The second-order valence-corrected chi connectivity index (χ2v) is 4.87. The van der Waals surface area contributed by atoms with E-state index in [0.29, 0.717) is 18.0 Å². The minimum Gasteiger partial charge on any atom is -0.490 e. The van der Waals surface area contributed by atoms with Crippen molar-refractivity contribution in [3.63, 3.8) is 0 Å². The van der Waals surface area contributed by atoms with Crippen LogP contribution in [0.4, 0.5) is 5.82 Å². The molecule has 0 aliphatic carbocycles. The van der Waals surface area contributed by atoms with Gasteiger partial charge in [-0.25, -0.2) is 0 Å². The number of carbonyl (C=O) groups excluding carboxylic acids is 2. The van der Waals surface area contributed by atoms with Crippen molar-refractivity contribution >= 4 is 17.6 Å². The maximum atomic E-state index is 12.3. The Balaban J connectivity index is 2.09. The minimum atomic E-state index is -0.617. The molecule has 116 valence electrons. The van der Waals surface area contributed by atoms with Gasteiger partial charge in [-0.05, 0) is 24.3 Å². The fourth-order valence-corrected chi connectivity index (χ4v) is 2.39. The maximum Gasteiger partial charge on any atom is 0.262 e. The first kappa shape index (κ1) is 14.6. The van der Waals surface area contributed by atoms with Gasteiger partial charge >= 0.3 is 0 Å². The smallest absolute Gasteiger partial charge is 0.262 e. The molecule has 1 aliphatic rings. The summed E-state index contributed by atoms with van der Waals surface area (Å²) in [5.74, 6) is -0.693. The topological polar surface area (TPSA) is 103 Å². The number of hydrogen-bond acceptors (Lipinski definition) is 5. The number of rotatable bonds is 4. The Kier molecular flexibility index (Phi) is 3.46. The summed E-state index contributed by atoms with van der Waals surface area (Å²) < 4.78 is 6.54. The summed E-state index contributed by atoms with van der Waals surface area (Å²) in [5.41, 5.74) is 5.93. The molecule has 0 fully saturated rings. The molecule has 0 saturated heterocycles. The number of ether oxygens (including phenoxy) is 1. The van der Waals surface area contributed by atoms with Crippen LogP contribution in [0.15, 0.2) is 47.8 Å². The van der Waals surface area contributed by atoms with Gasteiger partial charge in [0.2, 0.25) is 0 Å². The Morgan fingerprint density at radius 3 is 2.52 bits per heavy atom. The standard InChI is InChI=1S/C16H13N3O4/c1-2-7-23-10-5-3-9(4-6-10)19-12(20)8-11-13(14(19)17)16(22)18-15(11)21/h2-6,8H,1,7,17H2,(H,18,21,22). The molecule has 0 unspecified atom stereocenters. The Bertz CT molecular complexity index is 881. The number of benzene rings is 1. The molecule has 0 saturated carbocycles. The number of imide groups is 1. The molecular weight excluding hydrogens is 298 g/mol. The van der Waals surface area contributed by atoms with Crippen LogP contribution in [0, 0.1) is 0 Å². The molecule has 0 bridgehead atoms. The third-order valence-corrected chi connectivity index (χ3v) is 3.42. The van der Waals surface area contributed by atoms with Crippen molar-refractivity contribution in [1.82, 2.24) is 9.88 Å². The molecule has 3 N–H and O–H groups in total. The Morgan fingerprint density at radius 2 is 1.87 bits per heavy atom. The van der Waals surface area contributed by atoms with E-state index in [1.54, 1.807) is 30.3 Å². The number of hydrogen-bond donors (Lipinski definition) is 2. The predicted molar refractivity (Wildman–Crippen MR) is 83.9 cm³/mol. The van der Waals surface area contributed by atoms with Crippen LogP contribution in [0.2, 0.25) is 0 Å². The lowest BCUT2D eigenvalue weighted by Gasteiger charge is -2.12. The van der Waals surface area contributed by atoms with E-state index in [4.69, 9.17) is 10.5 Å². The van der Waals surface area contributed by atoms with Gasteiger partial charge in [0, 0.05) is 6.07 Å². The predicted octanol–water partition coefficient (Wildman–Crippen LogP) is 0.868. The summed E-state index contributed by atoms with van der Waals surface area (Å²) in [4.78, 5) is 35.7. The van der Waals surface area contributed by atoms with E-state index in [9.17, 15) is 14.4 Å². The zero-order valence-corrected chi connectivity index (χ0v) is 12.0. The average Bonchev–Trinajstić information content (AvgIpc) is 2.81. The third kappa shape index (κ3) is 2.38. The van der Waals surface area contributed by atoms with Gasteiger partial charge in [0.05, 0.1) is 16.8 Å². The van der Waals surface area contributed by atoms with Crippen molar-refractivity contribution in [1.29, 1.82) is 0 Å². The van der Waals surface area contributed by atoms with Crippen molar-refractivity contribution < 1.29 is 14.3 Å². The van der Waals surface area contributed by atoms with Crippen LogP contribution in [0.25, 0.3) is 5.69 Å². The number of aromatic nitrogens is 1. The van der Waals surface area contributed by atoms with Gasteiger partial charge in [0.25, 0.3) is 17.4 Å². The van der Waals surface area contributed by atoms with E-state index < -0.39 is 17.4 Å². The maximum absolute atomic E-state index is 12.3. The highest BCUT2D eigenvalue weighted by molar-refractivity contribution is 6.23. The van der Waals surface area contributed by atoms with Gasteiger partial charge in [-0.3, -0.25) is 24.3 Å². The highest BCUT2D eigenvalue weighted by Crippen LogP contribution is 2.23. The molecule has 0 atom stereocenters. The molecule has 2 aromatic rings. The molecular formula is C16H13N3O4. The zero-order valence-electron chi connectivity index (χ0n) is 12.0. The number of fused-ring (bicyclic) bond motifs is 1. The zero-order chi connectivity index (χ0) is 16.6. The molecule has 3 rings (SSSR count). The van der Waals surface area contributed by atoms with Gasteiger partial charge in [0.15, 0.2) is 0 Å². The molecule has 0 spiro atoms. The summed E-state index contributed by atoms with van der Waals surface area (Å²) in [6.07, 6.45) is 1.62. The molecule has 1 aromatic heterocycles. The van der Waals surface area contributed by atoms with Crippen molar-refractivity contribution in [3.8, 4) is 11.4 Å². The molecule has 2 amide bonds. The fourth-order valence-electron chi connectivity index (χ4n) is 2.39. The van der Waals surface area contributed by atoms with Gasteiger partial charge in [0.1, 0.15) is 18.2 Å². The Hall–Kier alpha value is -3.35. The minimum absolute atomic E-state index is 0.000290. The van der Waals surface area contributed by atoms with Crippen LogP contribution < -0.4 is 21.3 Å². The van der Waals surface area contributed by atoms with E-state index in [2.05, 4.69) is 11.9 Å². The average molecular weight is 311 g/mol. The number of nitrogens with zero attached hydrogens (tertiary/aromatic N) is 1.